The molecule has 0 aliphatic heterocycles. The molecule has 8 nitrogen and oxygen atoms in total. The molecule has 0 atom stereocenters. The molecule has 0 fully saturated rings. The van der Waals surface area contributed by atoms with E-state index in [4.69, 9.17) is 0 Å². The van der Waals surface area contributed by atoms with Gasteiger partial charge >= 0.3 is 6.03 Å². The number of carbonyl (C=O) groups excluding carboxylic acids is 2. The van der Waals surface area contributed by atoms with Gasteiger partial charge in [0.25, 0.3) is 5.91 Å². The molecule has 0 unspecified atom stereocenters. The van der Waals surface area contributed by atoms with Crippen molar-refractivity contribution in [2.45, 2.75) is 6.92 Å². The molecule has 0 saturated carbocycles. The molecule has 1 aromatic heterocycles. The maximum atomic E-state index is 11.6. The molecule has 2 N–H and O–H groups in total. The summed E-state index contributed by atoms with van der Waals surface area (Å²) in [6.45, 7) is 1.61. The Morgan fingerprint density at radius 1 is 1.18 bits per heavy atom. The zero-order valence-corrected chi connectivity index (χ0v) is 10.1. The lowest BCUT2D eigenvalue weighted by atomic mass is 10.3. The Hall–Kier alpha value is -2.25. The van der Waals surface area contributed by atoms with Crippen molar-refractivity contribution in [3.8, 4) is 0 Å². The minimum Gasteiger partial charge on any atom is -0.354 e. The minimum absolute atomic E-state index is 0.0612. The number of amides is 3. The molecule has 17 heavy (non-hydrogen) atoms. The highest BCUT2D eigenvalue weighted by molar-refractivity contribution is 6.01. The van der Waals surface area contributed by atoms with E-state index >= 15 is 0 Å². The Morgan fingerprint density at radius 2 is 1.82 bits per heavy atom. The van der Waals surface area contributed by atoms with E-state index in [-0.39, 0.29) is 11.5 Å². The molecular weight excluding hydrogens is 224 g/mol. The fraction of sp³-hybridized carbons (Fsp3) is 0.444. The van der Waals surface area contributed by atoms with Crippen molar-refractivity contribution in [3.05, 3.63) is 11.5 Å². The molecule has 0 bridgehead atoms. The summed E-state index contributed by atoms with van der Waals surface area (Å²) in [5, 5.41) is 12.4. The SMILES string of the molecule is CNC(=O)c1nc(C)nnc1N(C)C(=O)NC. The normalized spacial score (nSPS) is 9.65. The molecule has 0 saturated heterocycles. The number of rotatable bonds is 2. The van der Waals surface area contributed by atoms with Crippen molar-refractivity contribution in [1.82, 2.24) is 25.8 Å². The van der Waals surface area contributed by atoms with Crippen molar-refractivity contribution in [1.29, 1.82) is 0 Å². The summed E-state index contributed by atoms with van der Waals surface area (Å²) in [4.78, 5) is 28.2. The van der Waals surface area contributed by atoms with Gasteiger partial charge in [-0.05, 0) is 6.92 Å². The quantitative estimate of drug-likeness (QED) is 0.710. The third-order valence-corrected chi connectivity index (χ3v) is 2.05. The maximum Gasteiger partial charge on any atom is 0.322 e. The summed E-state index contributed by atoms with van der Waals surface area (Å²) in [6, 6.07) is -0.407. The highest BCUT2D eigenvalue weighted by Crippen LogP contribution is 2.13. The van der Waals surface area contributed by atoms with Crippen molar-refractivity contribution in [2.24, 2.45) is 0 Å². The molecule has 1 rings (SSSR count). The van der Waals surface area contributed by atoms with Gasteiger partial charge in [-0.3, -0.25) is 9.69 Å². The van der Waals surface area contributed by atoms with E-state index in [9.17, 15) is 9.59 Å². The fourth-order valence-corrected chi connectivity index (χ4v) is 1.16. The summed E-state index contributed by atoms with van der Waals surface area (Å²) in [5.74, 6) is 0.0423. The number of aromatic nitrogens is 3. The zero-order chi connectivity index (χ0) is 13.0. The van der Waals surface area contributed by atoms with Crippen LogP contribution in [-0.2, 0) is 0 Å². The zero-order valence-electron chi connectivity index (χ0n) is 10.1. The van der Waals surface area contributed by atoms with Crippen LogP contribution in [0.3, 0.4) is 0 Å². The van der Waals surface area contributed by atoms with Crippen LogP contribution in [0, 0.1) is 6.92 Å². The molecule has 0 aromatic carbocycles. The Kier molecular flexibility index (Phi) is 3.91. The minimum atomic E-state index is -0.422. The third kappa shape index (κ3) is 2.65. The molecule has 3 amide bonds. The van der Waals surface area contributed by atoms with Gasteiger partial charge in [0.15, 0.2) is 11.5 Å². The van der Waals surface area contributed by atoms with E-state index in [1.807, 2.05) is 0 Å². The summed E-state index contributed by atoms with van der Waals surface area (Å²) in [6.07, 6.45) is 0. The molecule has 1 aromatic rings. The standard InChI is InChI=1S/C9H14N6O2/c1-5-12-6(8(16)10-2)7(14-13-5)15(4)9(17)11-3/h1-4H3,(H,10,16)(H,11,17). The van der Waals surface area contributed by atoms with E-state index in [1.54, 1.807) is 6.92 Å². The van der Waals surface area contributed by atoms with Crippen LogP contribution in [0.4, 0.5) is 10.6 Å². The number of anilines is 1. The number of carbonyl (C=O) groups is 2. The predicted molar refractivity (Wildman–Crippen MR) is 60.8 cm³/mol. The molecule has 1 heterocycles. The lowest BCUT2D eigenvalue weighted by Crippen LogP contribution is -2.37. The highest BCUT2D eigenvalue weighted by Gasteiger charge is 2.21. The van der Waals surface area contributed by atoms with Crippen molar-refractivity contribution < 1.29 is 9.59 Å². The van der Waals surface area contributed by atoms with Crippen LogP contribution in [-0.4, -0.2) is 48.3 Å². The molecule has 0 spiro atoms. The number of nitrogens with one attached hydrogen (secondary N) is 2. The van der Waals surface area contributed by atoms with Gasteiger partial charge in [0.1, 0.15) is 5.82 Å². The van der Waals surface area contributed by atoms with E-state index < -0.39 is 11.9 Å². The van der Waals surface area contributed by atoms with Gasteiger partial charge < -0.3 is 10.6 Å². The second kappa shape index (κ2) is 5.19. The van der Waals surface area contributed by atoms with E-state index in [0.29, 0.717) is 5.82 Å². The predicted octanol–water partition coefficient (Wildman–Crippen LogP) is -0.685. The molecule has 0 radical (unpaired) electrons. The maximum absolute atomic E-state index is 11.6. The molecule has 0 aliphatic carbocycles. The van der Waals surface area contributed by atoms with Crippen LogP contribution in [0.5, 0.6) is 0 Å². The molecular formula is C9H14N6O2. The van der Waals surface area contributed by atoms with Gasteiger partial charge in [-0.15, -0.1) is 10.2 Å². The van der Waals surface area contributed by atoms with Gasteiger partial charge in [-0.25, -0.2) is 9.78 Å². The van der Waals surface area contributed by atoms with Crippen LogP contribution in [0.1, 0.15) is 16.3 Å². The lowest BCUT2D eigenvalue weighted by Gasteiger charge is -2.16. The first-order valence-corrected chi connectivity index (χ1v) is 4.90. The number of hydrogen-bond donors (Lipinski definition) is 2. The second-order valence-corrected chi connectivity index (χ2v) is 3.22. The molecule has 0 aliphatic rings. The van der Waals surface area contributed by atoms with Gasteiger partial charge in [0.2, 0.25) is 0 Å². The largest absolute Gasteiger partial charge is 0.354 e. The average molecular weight is 238 g/mol. The van der Waals surface area contributed by atoms with Gasteiger partial charge in [-0.2, -0.15) is 0 Å². The Balaban J connectivity index is 3.23. The lowest BCUT2D eigenvalue weighted by molar-refractivity contribution is 0.0958. The first-order valence-electron chi connectivity index (χ1n) is 4.90. The van der Waals surface area contributed by atoms with Gasteiger partial charge in [0.05, 0.1) is 0 Å². The van der Waals surface area contributed by atoms with Gasteiger partial charge in [0, 0.05) is 21.1 Å². The topological polar surface area (TPSA) is 100 Å². The summed E-state index contributed by atoms with van der Waals surface area (Å²) in [7, 11) is 4.43. The van der Waals surface area contributed by atoms with Crippen LogP contribution >= 0.6 is 0 Å². The van der Waals surface area contributed by atoms with E-state index in [0.717, 1.165) is 0 Å². The number of hydrogen-bond acceptors (Lipinski definition) is 5. The summed E-state index contributed by atoms with van der Waals surface area (Å²) < 4.78 is 0. The van der Waals surface area contributed by atoms with Gasteiger partial charge in [-0.1, -0.05) is 0 Å². The van der Waals surface area contributed by atoms with E-state index in [2.05, 4.69) is 25.8 Å². The van der Waals surface area contributed by atoms with Crippen LogP contribution in [0.25, 0.3) is 0 Å². The van der Waals surface area contributed by atoms with Crippen LogP contribution < -0.4 is 15.5 Å². The van der Waals surface area contributed by atoms with Crippen LogP contribution in [0.15, 0.2) is 0 Å². The Labute approximate surface area is 98.4 Å². The molecule has 8 heteroatoms. The summed E-state index contributed by atoms with van der Waals surface area (Å²) in [5.41, 5.74) is 0.0612. The first kappa shape index (κ1) is 12.8. The number of urea groups is 1. The first-order chi connectivity index (χ1) is 8.01. The number of nitrogens with zero attached hydrogens (tertiary/aromatic N) is 4. The fourth-order valence-electron chi connectivity index (χ4n) is 1.16. The van der Waals surface area contributed by atoms with Crippen LogP contribution in [0.2, 0.25) is 0 Å². The Bertz CT molecular complexity index is 447. The molecule has 92 valence electrons. The van der Waals surface area contributed by atoms with E-state index in [1.165, 1.54) is 26.0 Å². The smallest absolute Gasteiger partial charge is 0.322 e. The van der Waals surface area contributed by atoms with Crippen molar-refractivity contribution >= 4 is 17.8 Å². The second-order valence-electron chi connectivity index (χ2n) is 3.22. The monoisotopic (exact) mass is 238 g/mol. The highest BCUT2D eigenvalue weighted by atomic mass is 16.2. The Morgan fingerprint density at radius 3 is 2.35 bits per heavy atom. The summed E-state index contributed by atoms with van der Waals surface area (Å²) >= 11 is 0. The number of aryl methyl sites for hydroxylation is 1. The van der Waals surface area contributed by atoms with Crippen molar-refractivity contribution in [3.63, 3.8) is 0 Å². The van der Waals surface area contributed by atoms with Crippen molar-refractivity contribution in [2.75, 3.05) is 26.0 Å². The third-order valence-electron chi connectivity index (χ3n) is 2.05. The average Bonchev–Trinajstić information content (AvgIpc) is 2.35.